The molecule has 0 saturated carbocycles. The van der Waals surface area contributed by atoms with Gasteiger partial charge in [-0.15, -0.1) is 0 Å². The van der Waals surface area contributed by atoms with Gasteiger partial charge in [-0.25, -0.2) is 4.68 Å². The number of aromatic nitrogens is 2. The Labute approximate surface area is 145 Å². The molecule has 1 saturated heterocycles. The highest BCUT2D eigenvalue weighted by Gasteiger charge is 2.27. The van der Waals surface area contributed by atoms with Crippen LogP contribution in [-0.4, -0.2) is 22.4 Å². The molecule has 1 fully saturated rings. The average molecular weight is 376 g/mol. The van der Waals surface area contributed by atoms with Crippen LogP contribution in [0.1, 0.15) is 31.2 Å². The molecule has 23 heavy (non-hydrogen) atoms. The average Bonchev–Trinajstić information content (AvgIpc) is 3.02. The van der Waals surface area contributed by atoms with Gasteiger partial charge >= 0.3 is 0 Å². The Morgan fingerprint density at radius 1 is 1.30 bits per heavy atom. The van der Waals surface area contributed by atoms with Crippen molar-refractivity contribution in [3.63, 3.8) is 0 Å². The van der Waals surface area contributed by atoms with Crippen LogP contribution < -0.4 is 10.5 Å². The molecule has 0 N–H and O–H groups in total. The Morgan fingerprint density at radius 2 is 2.09 bits per heavy atom. The van der Waals surface area contributed by atoms with Gasteiger partial charge in [0.1, 0.15) is 4.47 Å². The summed E-state index contributed by atoms with van der Waals surface area (Å²) in [5.74, 6) is 0. The number of nitrogens with zero attached hydrogens (tertiary/aromatic N) is 3. The molecule has 2 aromatic rings. The van der Waals surface area contributed by atoms with Gasteiger partial charge in [0.15, 0.2) is 0 Å². The van der Waals surface area contributed by atoms with Crippen LogP contribution in [0.4, 0.5) is 5.69 Å². The van der Waals surface area contributed by atoms with E-state index in [1.807, 2.05) is 0 Å². The minimum Gasteiger partial charge on any atom is -0.366 e. The third-order valence-corrected chi connectivity index (χ3v) is 5.34. The van der Waals surface area contributed by atoms with Gasteiger partial charge in [0.05, 0.1) is 11.9 Å². The summed E-state index contributed by atoms with van der Waals surface area (Å²) in [6.45, 7) is 1.00. The smallest absolute Gasteiger partial charge is 0.282 e. The zero-order valence-corrected chi connectivity index (χ0v) is 15.0. The Hall–Kier alpha value is -1.62. The van der Waals surface area contributed by atoms with Crippen molar-refractivity contribution >= 4 is 21.6 Å². The molecule has 1 aromatic heterocycles. The van der Waals surface area contributed by atoms with Gasteiger partial charge in [-0.05, 0) is 53.6 Å². The van der Waals surface area contributed by atoms with E-state index < -0.39 is 0 Å². The number of hydrogen-bond donors (Lipinski definition) is 0. The third kappa shape index (κ3) is 3.66. The number of rotatable bonds is 5. The van der Waals surface area contributed by atoms with E-state index in [1.165, 1.54) is 29.5 Å². The van der Waals surface area contributed by atoms with Crippen LogP contribution in [0.3, 0.4) is 0 Å². The molecule has 3 rings (SSSR count). The van der Waals surface area contributed by atoms with Crippen LogP contribution in [-0.2, 0) is 13.5 Å². The van der Waals surface area contributed by atoms with Crippen molar-refractivity contribution in [1.82, 2.24) is 9.78 Å². The molecule has 122 valence electrons. The molecule has 1 unspecified atom stereocenters. The van der Waals surface area contributed by atoms with Crippen molar-refractivity contribution in [2.75, 3.05) is 11.4 Å². The fourth-order valence-corrected chi connectivity index (χ4v) is 3.93. The molecule has 0 amide bonds. The van der Waals surface area contributed by atoms with E-state index in [4.69, 9.17) is 0 Å². The fraction of sp³-hybridized carbons (Fsp3) is 0.444. The van der Waals surface area contributed by atoms with E-state index in [2.05, 4.69) is 56.3 Å². The van der Waals surface area contributed by atoms with Crippen molar-refractivity contribution in [2.45, 2.75) is 38.1 Å². The monoisotopic (exact) mass is 375 g/mol. The van der Waals surface area contributed by atoms with Gasteiger partial charge in [-0.3, -0.25) is 4.79 Å². The number of aryl methyl sites for hydroxylation is 2. The zero-order chi connectivity index (χ0) is 16.2. The minimum absolute atomic E-state index is 0.0718. The molecule has 0 bridgehead atoms. The molecule has 1 aliphatic heterocycles. The van der Waals surface area contributed by atoms with Gasteiger partial charge in [-0.2, -0.15) is 5.10 Å². The second-order valence-electron chi connectivity index (χ2n) is 6.14. The van der Waals surface area contributed by atoms with Crippen LogP contribution in [0.5, 0.6) is 0 Å². The number of halogens is 1. The van der Waals surface area contributed by atoms with Crippen molar-refractivity contribution < 1.29 is 0 Å². The van der Waals surface area contributed by atoms with Crippen molar-refractivity contribution in [2.24, 2.45) is 7.05 Å². The Morgan fingerprint density at radius 3 is 2.87 bits per heavy atom. The van der Waals surface area contributed by atoms with Gasteiger partial charge in [-0.1, -0.05) is 30.3 Å². The van der Waals surface area contributed by atoms with Crippen LogP contribution in [0.15, 0.2) is 45.8 Å². The number of hydrogen-bond acceptors (Lipinski definition) is 3. The maximum Gasteiger partial charge on any atom is 0.282 e. The second-order valence-corrected chi connectivity index (χ2v) is 6.93. The Kier molecular flexibility index (Phi) is 5.16. The van der Waals surface area contributed by atoms with E-state index in [0.717, 1.165) is 25.1 Å². The van der Waals surface area contributed by atoms with Crippen molar-refractivity contribution in [3.05, 3.63) is 56.9 Å². The third-order valence-electron chi connectivity index (χ3n) is 4.59. The molecule has 2 heterocycles. The SMILES string of the molecule is Cn1ncc(N2CCCC2CCCc2ccccc2)c(Br)c1=O. The molecular formula is C18H22BrN3O. The maximum atomic E-state index is 12.1. The quantitative estimate of drug-likeness (QED) is 0.801. The highest BCUT2D eigenvalue weighted by atomic mass is 79.9. The lowest BCUT2D eigenvalue weighted by Crippen LogP contribution is -2.32. The lowest BCUT2D eigenvalue weighted by molar-refractivity contribution is 0.576. The molecule has 1 aliphatic rings. The van der Waals surface area contributed by atoms with E-state index in [9.17, 15) is 4.79 Å². The normalized spacial score (nSPS) is 17.7. The lowest BCUT2D eigenvalue weighted by atomic mass is 10.0. The minimum atomic E-state index is -0.0718. The fourth-order valence-electron chi connectivity index (χ4n) is 3.34. The van der Waals surface area contributed by atoms with Crippen molar-refractivity contribution in [3.8, 4) is 0 Å². The molecule has 0 spiro atoms. The molecule has 0 radical (unpaired) electrons. The lowest BCUT2D eigenvalue weighted by Gasteiger charge is -2.27. The van der Waals surface area contributed by atoms with Gasteiger partial charge < -0.3 is 4.90 Å². The second kappa shape index (κ2) is 7.30. The molecule has 1 aromatic carbocycles. The number of benzene rings is 1. The first kappa shape index (κ1) is 16.2. The van der Waals surface area contributed by atoms with E-state index >= 15 is 0 Å². The summed E-state index contributed by atoms with van der Waals surface area (Å²) in [6.07, 6.45) is 7.61. The van der Waals surface area contributed by atoms with Crippen LogP contribution in [0.25, 0.3) is 0 Å². The molecular weight excluding hydrogens is 354 g/mol. The first-order chi connectivity index (χ1) is 11.2. The summed E-state index contributed by atoms with van der Waals surface area (Å²) < 4.78 is 2.00. The topological polar surface area (TPSA) is 38.1 Å². The molecule has 1 atom stereocenters. The highest BCUT2D eigenvalue weighted by Crippen LogP contribution is 2.31. The molecule has 5 heteroatoms. The zero-order valence-electron chi connectivity index (χ0n) is 13.4. The van der Waals surface area contributed by atoms with Crippen LogP contribution >= 0.6 is 15.9 Å². The largest absolute Gasteiger partial charge is 0.366 e. The predicted molar refractivity (Wildman–Crippen MR) is 96.9 cm³/mol. The van der Waals surface area contributed by atoms with Crippen LogP contribution in [0.2, 0.25) is 0 Å². The van der Waals surface area contributed by atoms with Gasteiger partial charge in [0.25, 0.3) is 5.56 Å². The first-order valence-electron chi connectivity index (χ1n) is 8.19. The predicted octanol–water partition coefficient (Wildman–Crippen LogP) is 3.53. The summed E-state index contributed by atoms with van der Waals surface area (Å²) in [7, 11) is 1.68. The van der Waals surface area contributed by atoms with Crippen LogP contribution in [0, 0.1) is 0 Å². The van der Waals surface area contributed by atoms with E-state index in [0.29, 0.717) is 10.5 Å². The highest BCUT2D eigenvalue weighted by molar-refractivity contribution is 9.10. The number of anilines is 1. The van der Waals surface area contributed by atoms with E-state index in [1.54, 1.807) is 13.2 Å². The Balaban J connectivity index is 1.66. The van der Waals surface area contributed by atoms with Crippen molar-refractivity contribution in [1.29, 1.82) is 0 Å². The van der Waals surface area contributed by atoms with Gasteiger partial charge in [0.2, 0.25) is 0 Å². The summed E-state index contributed by atoms with van der Waals surface area (Å²) in [4.78, 5) is 14.4. The molecule has 0 aliphatic carbocycles. The Bertz CT molecular complexity index is 714. The maximum absolute atomic E-state index is 12.1. The van der Waals surface area contributed by atoms with E-state index in [-0.39, 0.29) is 5.56 Å². The summed E-state index contributed by atoms with van der Waals surface area (Å²) in [5.41, 5.74) is 2.27. The standard InChI is InChI=1S/C18H22BrN3O/c1-21-18(23)17(19)16(13-20-21)22-12-6-11-15(22)10-5-9-14-7-3-2-4-8-14/h2-4,7-8,13,15H,5-6,9-12H2,1H3. The van der Waals surface area contributed by atoms with Gasteiger partial charge in [0, 0.05) is 19.6 Å². The first-order valence-corrected chi connectivity index (χ1v) is 8.98. The summed E-state index contributed by atoms with van der Waals surface area (Å²) in [6, 6.07) is 11.1. The summed E-state index contributed by atoms with van der Waals surface area (Å²) in [5, 5.41) is 4.18. The molecule has 4 nitrogen and oxygen atoms in total. The summed E-state index contributed by atoms with van der Waals surface area (Å²) >= 11 is 3.46.